The van der Waals surface area contributed by atoms with E-state index in [9.17, 15) is 9.59 Å². The Morgan fingerprint density at radius 2 is 1.48 bits per heavy atom. The molecule has 0 aliphatic heterocycles. The molecule has 0 aromatic heterocycles. The van der Waals surface area contributed by atoms with Crippen molar-refractivity contribution < 1.29 is 9.59 Å². The summed E-state index contributed by atoms with van der Waals surface area (Å²) in [5, 5.41) is 4.13. The third kappa shape index (κ3) is 7.06. The van der Waals surface area contributed by atoms with E-state index in [0.717, 1.165) is 11.1 Å². The highest BCUT2D eigenvalue weighted by atomic mass is 35.5. The van der Waals surface area contributed by atoms with Gasteiger partial charge in [0.2, 0.25) is 11.8 Å². The smallest absolute Gasteiger partial charge is 0.242 e. The average molecular weight is 435 g/mol. The Morgan fingerprint density at radius 1 is 0.931 bits per heavy atom. The van der Waals surface area contributed by atoms with E-state index in [1.165, 1.54) is 0 Å². The third-order valence-corrected chi connectivity index (χ3v) is 5.45. The van der Waals surface area contributed by atoms with Crippen LogP contribution in [0.15, 0.2) is 48.5 Å². The molecule has 6 heteroatoms. The number of hydrogen-bond acceptors (Lipinski definition) is 2. The number of benzene rings is 2. The molecule has 2 rings (SSSR count). The number of amides is 2. The van der Waals surface area contributed by atoms with Gasteiger partial charge < -0.3 is 10.2 Å². The van der Waals surface area contributed by atoms with Crippen molar-refractivity contribution in [2.45, 2.75) is 46.2 Å². The summed E-state index contributed by atoms with van der Waals surface area (Å²) >= 11 is 12.5. The number of carbonyl (C=O) groups excluding carboxylic acids is 2. The van der Waals surface area contributed by atoms with E-state index in [2.05, 4.69) is 5.32 Å². The van der Waals surface area contributed by atoms with Crippen molar-refractivity contribution in [2.75, 3.05) is 6.54 Å². The molecule has 0 saturated heterocycles. The van der Waals surface area contributed by atoms with Crippen LogP contribution in [0, 0.1) is 5.92 Å². The molecule has 0 heterocycles. The number of nitrogens with zero attached hydrogens (tertiary/aromatic N) is 1. The van der Waals surface area contributed by atoms with Gasteiger partial charge in [0.25, 0.3) is 0 Å². The molecule has 0 aliphatic carbocycles. The fourth-order valence-corrected chi connectivity index (χ4v) is 3.36. The molecule has 1 atom stereocenters. The predicted octanol–water partition coefficient (Wildman–Crippen LogP) is 5.12. The maximum absolute atomic E-state index is 13.1. The van der Waals surface area contributed by atoms with Crippen LogP contribution >= 0.6 is 23.2 Å². The molecule has 156 valence electrons. The standard InChI is InChI=1S/C23H28Cl2N2O2/c1-16(2)14-26-23(29)17(3)27(15-19-9-5-7-11-21(19)25)22(28)13-12-18-8-4-6-10-20(18)24/h4-11,16-17H,12-15H2,1-3H3,(H,26,29). The van der Waals surface area contributed by atoms with Crippen LogP contribution in [0.25, 0.3) is 0 Å². The van der Waals surface area contributed by atoms with Crippen molar-refractivity contribution in [1.82, 2.24) is 10.2 Å². The lowest BCUT2D eigenvalue weighted by molar-refractivity contribution is -0.140. The quantitative estimate of drug-likeness (QED) is 0.595. The van der Waals surface area contributed by atoms with Gasteiger partial charge in [-0.15, -0.1) is 0 Å². The number of aryl methyl sites for hydroxylation is 1. The van der Waals surface area contributed by atoms with Gasteiger partial charge in [-0.05, 0) is 42.5 Å². The van der Waals surface area contributed by atoms with E-state index in [0.29, 0.717) is 28.9 Å². The number of nitrogens with one attached hydrogen (secondary N) is 1. The first-order valence-corrected chi connectivity index (χ1v) is 10.6. The van der Waals surface area contributed by atoms with Gasteiger partial charge in [0.1, 0.15) is 6.04 Å². The summed E-state index contributed by atoms with van der Waals surface area (Å²) < 4.78 is 0. The minimum Gasteiger partial charge on any atom is -0.354 e. The number of carbonyl (C=O) groups is 2. The molecule has 2 amide bonds. The Balaban J connectivity index is 2.16. The minimum atomic E-state index is -0.608. The van der Waals surface area contributed by atoms with Gasteiger partial charge in [0.15, 0.2) is 0 Å². The fourth-order valence-electron chi connectivity index (χ4n) is 2.93. The van der Waals surface area contributed by atoms with Crippen molar-refractivity contribution in [3.63, 3.8) is 0 Å². The van der Waals surface area contributed by atoms with Crippen LogP contribution < -0.4 is 5.32 Å². The van der Waals surface area contributed by atoms with Crippen LogP contribution in [0.4, 0.5) is 0 Å². The van der Waals surface area contributed by atoms with Gasteiger partial charge in [0.05, 0.1) is 0 Å². The Kier molecular flexibility index (Phi) is 8.99. The van der Waals surface area contributed by atoms with Gasteiger partial charge in [-0.1, -0.05) is 73.4 Å². The topological polar surface area (TPSA) is 49.4 Å². The molecule has 4 nitrogen and oxygen atoms in total. The molecule has 1 unspecified atom stereocenters. The molecule has 0 saturated carbocycles. The van der Waals surface area contributed by atoms with Crippen molar-refractivity contribution in [1.29, 1.82) is 0 Å². The van der Waals surface area contributed by atoms with Crippen molar-refractivity contribution >= 4 is 35.0 Å². The lowest BCUT2D eigenvalue weighted by atomic mass is 10.1. The van der Waals surface area contributed by atoms with Gasteiger partial charge in [-0.25, -0.2) is 0 Å². The van der Waals surface area contributed by atoms with E-state index in [1.807, 2.05) is 56.3 Å². The van der Waals surface area contributed by atoms with E-state index in [4.69, 9.17) is 23.2 Å². The molecule has 2 aromatic rings. The monoisotopic (exact) mass is 434 g/mol. The van der Waals surface area contributed by atoms with E-state index >= 15 is 0 Å². The molecule has 0 spiro atoms. The first-order chi connectivity index (χ1) is 13.8. The maximum Gasteiger partial charge on any atom is 0.242 e. The summed E-state index contributed by atoms with van der Waals surface area (Å²) in [6.07, 6.45) is 0.772. The van der Waals surface area contributed by atoms with Crippen LogP contribution in [0.1, 0.15) is 38.3 Å². The summed E-state index contributed by atoms with van der Waals surface area (Å²) in [5.74, 6) is 0.0491. The minimum absolute atomic E-state index is 0.114. The summed E-state index contributed by atoms with van der Waals surface area (Å²) in [6.45, 7) is 6.65. The van der Waals surface area contributed by atoms with Crippen LogP contribution in [-0.4, -0.2) is 29.3 Å². The van der Waals surface area contributed by atoms with Gasteiger partial charge in [-0.2, -0.15) is 0 Å². The SMILES string of the molecule is CC(C)CNC(=O)C(C)N(Cc1ccccc1Cl)C(=O)CCc1ccccc1Cl. The lowest BCUT2D eigenvalue weighted by Crippen LogP contribution is -2.48. The largest absolute Gasteiger partial charge is 0.354 e. The first kappa shape index (κ1) is 23.2. The summed E-state index contributed by atoms with van der Waals surface area (Å²) in [6, 6.07) is 14.2. The second kappa shape index (κ2) is 11.2. The zero-order valence-corrected chi connectivity index (χ0v) is 18.6. The Morgan fingerprint density at radius 3 is 2.03 bits per heavy atom. The Bertz CT molecular complexity index is 839. The molecule has 0 fully saturated rings. The normalized spacial score (nSPS) is 11.9. The molecular weight excluding hydrogens is 407 g/mol. The molecule has 29 heavy (non-hydrogen) atoms. The second-order valence-corrected chi connectivity index (χ2v) is 8.33. The molecule has 0 radical (unpaired) electrons. The maximum atomic E-state index is 13.1. The van der Waals surface area contributed by atoms with Gasteiger partial charge >= 0.3 is 0 Å². The predicted molar refractivity (Wildman–Crippen MR) is 119 cm³/mol. The zero-order valence-electron chi connectivity index (χ0n) is 17.1. The third-order valence-electron chi connectivity index (χ3n) is 4.72. The number of rotatable bonds is 9. The van der Waals surface area contributed by atoms with E-state index in [-0.39, 0.29) is 24.8 Å². The summed E-state index contributed by atoms with van der Waals surface area (Å²) in [5.41, 5.74) is 1.72. The van der Waals surface area contributed by atoms with E-state index in [1.54, 1.807) is 17.9 Å². The highest BCUT2D eigenvalue weighted by Crippen LogP contribution is 2.21. The summed E-state index contributed by atoms with van der Waals surface area (Å²) in [7, 11) is 0. The zero-order chi connectivity index (χ0) is 21.4. The second-order valence-electron chi connectivity index (χ2n) is 7.52. The molecule has 2 aromatic carbocycles. The van der Waals surface area contributed by atoms with Crippen LogP contribution in [0.2, 0.25) is 10.0 Å². The van der Waals surface area contributed by atoms with Crippen molar-refractivity contribution in [3.8, 4) is 0 Å². The molecular formula is C23H28Cl2N2O2. The van der Waals surface area contributed by atoms with Gasteiger partial charge in [0, 0.05) is 29.6 Å². The number of halogens is 2. The average Bonchev–Trinajstić information content (AvgIpc) is 2.70. The van der Waals surface area contributed by atoms with Crippen molar-refractivity contribution in [3.05, 3.63) is 69.7 Å². The highest BCUT2D eigenvalue weighted by molar-refractivity contribution is 6.31. The van der Waals surface area contributed by atoms with Crippen LogP contribution in [0.5, 0.6) is 0 Å². The van der Waals surface area contributed by atoms with Gasteiger partial charge in [-0.3, -0.25) is 9.59 Å². The molecule has 1 N–H and O–H groups in total. The molecule has 0 bridgehead atoms. The summed E-state index contributed by atoms with van der Waals surface area (Å²) in [4.78, 5) is 27.3. The fraction of sp³-hybridized carbons (Fsp3) is 0.391. The Hall–Kier alpha value is -2.04. The Labute approximate surface area is 183 Å². The first-order valence-electron chi connectivity index (χ1n) is 9.83. The van der Waals surface area contributed by atoms with Crippen LogP contribution in [0.3, 0.4) is 0 Å². The van der Waals surface area contributed by atoms with Crippen molar-refractivity contribution in [2.24, 2.45) is 5.92 Å². The lowest BCUT2D eigenvalue weighted by Gasteiger charge is -2.29. The molecule has 0 aliphatic rings. The highest BCUT2D eigenvalue weighted by Gasteiger charge is 2.26. The van der Waals surface area contributed by atoms with E-state index < -0.39 is 6.04 Å². The number of hydrogen-bond donors (Lipinski definition) is 1. The van der Waals surface area contributed by atoms with Crippen LogP contribution in [-0.2, 0) is 22.6 Å².